The highest BCUT2D eigenvalue weighted by molar-refractivity contribution is 5.38. The van der Waals surface area contributed by atoms with Crippen LogP contribution in [0, 0.1) is 35.0 Å². The lowest BCUT2D eigenvalue weighted by molar-refractivity contribution is -0.254. The van der Waals surface area contributed by atoms with Crippen LogP contribution >= 0.6 is 0 Å². The topological polar surface area (TPSA) is 154 Å². The fraction of sp³-hybridized carbons (Fsp3) is 0.833. The van der Waals surface area contributed by atoms with Crippen LogP contribution in [0.2, 0.25) is 0 Å². The van der Waals surface area contributed by atoms with E-state index < -0.39 is 37.3 Å². The van der Waals surface area contributed by atoms with Crippen LogP contribution in [0.15, 0.2) is 29.0 Å². The molecule has 0 radical (unpaired) electrons. The number of likely N-dealkylation sites (tertiary alicyclic amines) is 1. The van der Waals surface area contributed by atoms with Gasteiger partial charge in [-0.15, -0.1) is 5.10 Å². The Labute approximate surface area is 277 Å². The molecular weight excluding hydrogens is 600 g/mol. The van der Waals surface area contributed by atoms with Crippen molar-refractivity contribution < 1.29 is 35.0 Å². The van der Waals surface area contributed by atoms with E-state index in [9.17, 15) is 25.5 Å². The fourth-order valence-corrected chi connectivity index (χ4v) is 11.7. The van der Waals surface area contributed by atoms with Gasteiger partial charge in [-0.25, -0.2) is 4.68 Å². The number of rotatable bonds is 4. The van der Waals surface area contributed by atoms with Crippen LogP contribution in [0.4, 0.5) is 0 Å². The van der Waals surface area contributed by atoms with Crippen LogP contribution in [0.1, 0.15) is 91.0 Å². The van der Waals surface area contributed by atoms with Crippen molar-refractivity contribution in [3.63, 3.8) is 0 Å². The van der Waals surface area contributed by atoms with Crippen molar-refractivity contribution in [2.75, 3.05) is 13.2 Å². The molecule has 0 amide bonds. The minimum absolute atomic E-state index is 0.135. The van der Waals surface area contributed by atoms with Crippen LogP contribution in [-0.2, 0) is 16.0 Å². The van der Waals surface area contributed by atoms with Crippen LogP contribution in [0.5, 0.6) is 0 Å². The first-order chi connectivity index (χ1) is 22.4. The Hall–Kier alpha value is -1.70. The molecule has 2 saturated carbocycles. The van der Waals surface area contributed by atoms with E-state index in [1.807, 2.05) is 0 Å². The molecule has 7 aliphatic rings. The molecule has 3 saturated heterocycles. The van der Waals surface area contributed by atoms with Crippen LogP contribution in [-0.4, -0.2) is 107 Å². The standard InChI is InChI=1S/C36H54N4O7/c1-18-11-28-30(39(14-18)15-22-16-40(38-37-22)34-33(45)32(44)31(43)29(17-41)46-34)20(3)36(47-28)10-8-24-25-6-5-21-12-23(42)7-9-35(21,4)27(25)13-26(24)19(36)2/h5,16,18,20,23-25,27-34,41-45H,6-15,17H2,1-4H3. The molecular formula is C36H54N4O7. The number of hydrogen-bond donors (Lipinski definition) is 5. The molecule has 3 aliphatic heterocycles. The molecule has 1 aromatic heterocycles. The van der Waals surface area contributed by atoms with Gasteiger partial charge < -0.3 is 35.0 Å². The van der Waals surface area contributed by atoms with E-state index >= 15 is 0 Å². The Morgan fingerprint density at radius 1 is 1.04 bits per heavy atom. The zero-order valence-electron chi connectivity index (χ0n) is 28.3. The van der Waals surface area contributed by atoms with E-state index in [0.717, 1.165) is 50.8 Å². The quantitative estimate of drug-likeness (QED) is 0.306. The summed E-state index contributed by atoms with van der Waals surface area (Å²) in [6.07, 6.45) is 6.27. The second kappa shape index (κ2) is 11.7. The average Bonchev–Trinajstić information content (AvgIpc) is 3.74. The maximum absolute atomic E-state index is 10.6. The molecule has 1 aromatic rings. The van der Waals surface area contributed by atoms with E-state index in [4.69, 9.17) is 9.47 Å². The lowest BCUT2D eigenvalue weighted by atomic mass is 9.56. The Morgan fingerprint density at radius 2 is 1.85 bits per heavy atom. The van der Waals surface area contributed by atoms with Crippen molar-refractivity contribution in [2.24, 2.45) is 35.0 Å². The van der Waals surface area contributed by atoms with Gasteiger partial charge in [0.05, 0.1) is 36.3 Å². The largest absolute Gasteiger partial charge is 0.394 e. The molecule has 4 aliphatic carbocycles. The number of fused-ring (bicyclic) bond motifs is 6. The van der Waals surface area contributed by atoms with Gasteiger partial charge >= 0.3 is 0 Å². The lowest BCUT2D eigenvalue weighted by Crippen LogP contribution is -2.56. The fourth-order valence-electron chi connectivity index (χ4n) is 11.7. The Kier molecular flexibility index (Phi) is 8.08. The third-order valence-electron chi connectivity index (χ3n) is 14.1. The summed E-state index contributed by atoms with van der Waals surface area (Å²) in [4.78, 5) is 2.52. The van der Waals surface area contributed by atoms with Crippen molar-refractivity contribution in [1.29, 1.82) is 0 Å². The third kappa shape index (κ3) is 4.89. The minimum Gasteiger partial charge on any atom is -0.394 e. The molecule has 5 N–H and O–H groups in total. The SMILES string of the molecule is CC1=C2CC3C(CC=C4CC(O)CCC43C)C2CCC12OC1CC(C)CN(Cc3cn(C4OC(CO)C(O)C(O)C4O)nn3)C1C2C. The van der Waals surface area contributed by atoms with Gasteiger partial charge in [0.25, 0.3) is 0 Å². The summed E-state index contributed by atoms with van der Waals surface area (Å²) in [5.41, 5.74) is 5.35. The van der Waals surface area contributed by atoms with Crippen molar-refractivity contribution >= 4 is 0 Å². The summed E-state index contributed by atoms with van der Waals surface area (Å²) < 4.78 is 14.4. The van der Waals surface area contributed by atoms with Gasteiger partial charge in [-0.2, -0.15) is 0 Å². The van der Waals surface area contributed by atoms with Gasteiger partial charge in [0.15, 0.2) is 6.23 Å². The third-order valence-corrected chi connectivity index (χ3v) is 14.1. The molecule has 5 fully saturated rings. The van der Waals surface area contributed by atoms with Crippen LogP contribution in [0.3, 0.4) is 0 Å². The smallest absolute Gasteiger partial charge is 0.180 e. The lowest BCUT2D eigenvalue weighted by Gasteiger charge is -2.49. The van der Waals surface area contributed by atoms with E-state index in [-0.39, 0.29) is 29.3 Å². The number of allylic oxidation sites excluding steroid dienone is 2. The van der Waals surface area contributed by atoms with E-state index in [2.05, 4.69) is 49.0 Å². The first-order valence-corrected chi connectivity index (χ1v) is 18.2. The van der Waals surface area contributed by atoms with Gasteiger partial charge in [-0.05, 0) is 93.0 Å². The Bertz CT molecular complexity index is 1430. The number of hydrogen-bond acceptors (Lipinski definition) is 10. The number of aromatic nitrogens is 3. The summed E-state index contributed by atoms with van der Waals surface area (Å²) in [6.45, 7) is 10.6. The predicted octanol–water partition coefficient (Wildman–Crippen LogP) is 2.48. The molecule has 8 rings (SSSR count). The molecule has 15 atom stereocenters. The highest BCUT2D eigenvalue weighted by Crippen LogP contribution is 2.65. The van der Waals surface area contributed by atoms with Gasteiger partial charge in [0, 0.05) is 25.0 Å². The minimum atomic E-state index is -1.47. The molecule has 4 heterocycles. The van der Waals surface area contributed by atoms with Crippen LogP contribution in [0.25, 0.3) is 0 Å². The average molecular weight is 655 g/mol. The zero-order chi connectivity index (χ0) is 33.0. The van der Waals surface area contributed by atoms with Gasteiger partial charge in [-0.3, -0.25) is 4.90 Å². The van der Waals surface area contributed by atoms with Crippen molar-refractivity contribution in [3.05, 3.63) is 34.7 Å². The van der Waals surface area contributed by atoms with Crippen LogP contribution < -0.4 is 0 Å². The summed E-state index contributed by atoms with van der Waals surface area (Å²) in [5.74, 6) is 2.76. The summed E-state index contributed by atoms with van der Waals surface area (Å²) in [5, 5.41) is 59.9. The maximum Gasteiger partial charge on any atom is 0.180 e. The molecule has 0 aromatic carbocycles. The summed E-state index contributed by atoms with van der Waals surface area (Å²) in [7, 11) is 0. The normalized spacial score (nSPS) is 49.8. The first kappa shape index (κ1) is 32.5. The molecule has 11 nitrogen and oxygen atoms in total. The van der Waals surface area contributed by atoms with Crippen molar-refractivity contribution in [2.45, 2.75) is 140 Å². The Morgan fingerprint density at radius 3 is 2.64 bits per heavy atom. The monoisotopic (exact) mass is 654 g/mol. The van der Waals surface area contributed by atoms with E-state index in [1.165, 1.54) is 28.7 Å². The van der Waals surface area contributed by atoms with Crippen molar-refractivity contribution in [3.8, 4) is 0 Å². The summed E-state index contributed by atoms with van der Waals surface area (Å²) >= 11 is 0. The molecule has 11 heteroatoms. The molecule has 0 bridgehead atoms. The molecule has 1 spiro atoms. The van der Waals surface area contributed by atoms with E-state index in [1.54, 1.807) is 11.8 Å². The molecule has 47 heavy (non-hydrogen) atoms. The van der Waals surface area contributed by atoms with Gasteiger partial charge in [0.1, 0.15) is 24.4 Å². The van der Waals surface area contributed by atoms with Gasteiger partial charge in [-0.1, -0.05) is 43.2 Å². The maximum atomic E-state index is 10.6. The number of aliphatic hydroxyl groups excluding tert-OH is 5. The number of aliphatic hydroxyl groups is 5. The Balaban J connectivity index is 1.03. The van der Waals surface area contributed by atoms with Crippen molar-refractivity contribution in [1.82, 2.24) is 19.9 Å². The number of ether oxygens (including phenoxy) is 2. The zero-order valence-corrected chi connectivity index (χ0v) is 28.3. The second-order valence-electron chi connectivity index (χ2n) is 16.6. The number of nitrogens with zero attached hydrogens (tertiary/aromatic N) is 4. The molecule has 15 unspecified atom stereocenters. The molecule has 260 valence electrons. The van der Waals surface area contributed by atoms with Gasteiger partial charge in [0.2, 0.25) is 0 Å². The first-order valence-electron chi connectivity index (χ1n) is 18.2. The van der Waals surface area contributed by atoms with E-state index in [0.29, 0.717) is 36.1 Å². The second-order valence-corrected chi connectivity index (χ2v) is 16.6. The summed E-state index contributed by atoms with van der Waals surface area (Å²) in [6, 6.07) is 0.241. The highest BCUT2D eigenvalue weighted by atomic mass is 16.6. The highest BCUT2D eigenvalue weighted by Gasteiger charge is 2.61. The predicted molar refractivity (Wildman–Crippen MR) is 171 cm³/mol. The number of piperidine rings is 1.